The van der Waals surface area contributed by atoms with Crippen LogP contribution in [-0.4, -0.2) is 102 Å². The molecule has 2 aliphatic rings. The number of hydrazone groups is 2. The lowest BCUT2D eigenvalue weighted by atomic mass is 10.0. The monoisotopic (exact) mass is 1030 g/mol. The molecule has 28 heteroatoms. The highest BCUT2D eigenvalue weighted by atomic mass is 35.5. The first-order chi connectivity index (χ1) is 32.2. The number of sulfone groups is 1. The van der Waals surface area contributed by atoms with Crippen molar-refractivity contribution in [1.82, 2.24) is 0 Å². The van der Waals surface area contributed by atoms with E-state index >= 15 is 0 Å². The number of carbonyl (C=O) groups excluding carboxylic acids is 2. The fourth-order valence-corrected chi connectivity index (χ4v) is 9.29. The number of hydrogen-bond acceptors (Lipinski definition) is 19. The molecule has 0 saturated heterocycles. The highest BCUT2D eigenvalue weighted by Crippen LogP contribution is 2.34. The zero-order valence-corrected chi connectivity index (χ0v) is 37.7. The number of aliphatic carboxylic acids is 2. The fourth-order valence-electron chi connectivity index (χ4n) is 5.98. The summed E-state index contributed by atoms with van der Waals surface area (Å²) in [6, 6.07) is 15.9. The Morgan fingerprint density at radius 2 is 1.10 bits per heavy atom. The lowest BCUT2D eigenvalue weighted by Gasteiger charge is -2.12. The smallest absolute Gasteiger partial charge is 0.338 e. The molecule has 0 aliphatic heterocycles. The van der Waals surface area contributed by atoms with Crippen LogP contribution < -0.4 is 16.2 Å². The quantitative estimate of drug-likeness (QED) is 0.0261. The summed E-state index contributed by atoms with van der Waals surface area (Å²) in [4.78, 5) is 54.4. The molecule has 0 radical (unpaired) electrons. The molecule has 0 aromatic heterocycles. The molecule has 69 heavy (non-hydrogen) atoms. The summed E-state index contributed by atoms with van der Waals surface area (Å²) in [7, 11) is -12.4. The first-order valence-corrected chi connectivity index (χ1v) is 23.3. The second-order valence-corrected chi connectivity index (χ2v) is 18.7. The minimum absolute atomic E-state index is 0.105. The summed E-state index contributed by atoms with van der Waals surface area (Å²) < 4.78 is 93.8. The Labute approximate surface area is 393 Å². The third kappa shape index (κ3) is 12.4. The number of aliphatic hydroxyl groups excluding tert-OH is 2. The maximum atomic E-state index is 12.7. The number of nitro benzene ring substituents is 1. The Balaban J connectivity index is 0.000000351. The van der Waals surface area contributed by atoms with E-state index in [1.54, 1.807) is 7.05 Å². The van der Waals surface area contributed by atoms with Gasteiger partial charge in [0.2, 0.25) is 9.84 Å². The standard InChI is InChI=1S/C28H20N4O14S2.C13H11ClN2O4S/c33-17-9-19(27(37)38)25(21(35)11-17)31-29-15-5-3-13(23(7-15)47(41,42)43)1-2-14-4-6-16(8-24(14)48(44,45)46)30-32-26-20(28(39)40)10-18(34)12-22(26)36;1-15-10-7-6-9(14)8-13(10)21(19,20)12-5-3-2-4-11(12)16(17)18/h1-12,29-30,35-36H,(H,37,38)(H,39,40)(H,41,42,43)(H,44,45,46);2-8,15H,1H3/b2-1+,31-25-,32-26+;. The van der Waals surface area contributed by atoms with Crippen LogP contribution in [0.3, 0.4) is 0 Å². The molecule has 4 aromatic rings. The molecule has 0 spiro atoms. The van der Waals surface area contributed by atoms with E-state index in [9.17, 15) is 84.1 Å². The van der Waals surface area contributed by atoms with E-state index in [-0.39, 0.29) is 37.3 Å². The third-order valence-corrected chi connectivity index (χ3v) is 13.0. The number of rotatable bonds is 14. The Morgan fingerprint density at radius 3 is 1.51 bits per heavy atom. The van der Waals surface area contributed by atoms with Crippen molar-refractivity contribution in [3.63, 3.8) is 0 Å². The minimum Gasteiger partial charge on any atom is -0.505 e. The molecule has 24 nitrogen and oxygen atoms in total. The number of nitrogens with zero attached hydrogens (tertiary/aromatic N) is 3. The number of ketones is 2. The maximum absolute atomic E-state index is 12.7. The third-order valence-electron chi connectivity index (χ3n) is 9.06. The molecule has 0 unspecified atom stereocenters. The molecular weight excluding hydrogens is 996 g/mol. The number of carboxylic acids is 2. The lowest BCUT2D eigenvalue weighted by molar-refractivity contribution is -0.387. The maximum Gasteiger partial charge on any atom is 0.338 e. The van der Waals surface area contributed by atoms with Gasteiger partial charge in [-0.25, -0.2) is 18.0 Å². The van der Waals surface area contributed by atoms with Crippen LogP contribution in [0, 0.1) is 10.1 Å². The molecule has 0 amide bonds. The van der Waals surface area contributed by atoms with Gasteiger partial charge in [0, 0.05) is 42.4 Å². The van der Waals surface area contributed by atoms with Crippen molar-refractivity contribution in [2.75, 3.05) is 23.2 Å². The van der Waals surface area contributed by atoms with Crippen LogP contribution in [0.4, 0.5) is 22.7 Å². The second-order valence-electron chi connectivity index (χ2n) is 13.6. The van der Waals surface area contributed by atoms with Crippen molar-refractivity contribution in [2.24, 2.45) is 10.2 Å². The summed E-state index contributed by atoms with van der Waals surface area (Å²) in [6.45, 7) is 0. The zero-order chi connectivity index (χ0) is 51.2. The SMILES string of the molecule is CNc1ccc(Cl)cc1S(=O)(=O)c1ccccc1[N+](=O)[O-].O=C1C=C(O)/C(=N\Nc2ccc(/C=C/c3ccc(N/N=C4/C(O)=CC(=O)C=C4C(=O)O)cc3S(=O)(=O)O)c(S(=O)(=O)O)c2)C(C(=O)O)=C1. The van der Waals surface area contributed by atoms with Crippen molar-refractivity contribution < 1.29 is 78.9 Å². The van der Waals surface area contributed by atoms with Gasteiger partial charge in [-0.1, -0.05) is 48.0 Å². The number of nitro groups is 1. The molecule has 0 atom stereocenters. The molecular formula is C41H31ClN6O18S3. The second kappa shape index (κ2) is 20.7. The largest absolute Gasteiger partial charge is 0.505 e. The number of para-hydroxylation sites is 1. The Morgan fingerprint density at radius 1 is 0.652 bits per heavy atom. The van der Waals surface area contributed by atoms with E-state index in [1.165, 1.54) is 48.5 Å². The van der Waals surface area contributed by atoms with Gasteiger partial charge < -0.3 is 25.7 Å². The predicted molar refractivity (Wildman–Crippen MR) is 246 cm³/mol. The van der Waals surface area contributed by atoms with E-state index in [2.05, 4.69) is 26.4 Å². The summed E-state index contributed by atoms with van der Waals surface area (Å²) >= 11 is 5.84. The number of allylic oxidation sites excluding steroid dienone is 6. The van der Waals surface area contributed by atoms with Crippen molar-refractivity contribution in [3.8, 4) is 0 Å². The molecule has 9 N–H and O–H groups in total. The van der Waals surface area contributed by atoms with Gasteiger partial charge in [0.1, 0.15) is 37.6 Å². The van der Waals surface area contributed by atoms with E-state index in [4.69, 9.17) is 11.6 Å². The molecule has 0 heterocycles. The van der Waals surface area contributed by atoms with Crippen LogP contribution in [0.2, 0.25) is 5.02 Å². The summed E-state index contributed by atoms with van der Waals surface area (Å²) in [5.74, 6) is -6.37. The highest BCUT2D eigenvalue weighted by molar-refractivity contribution is 7.91. The van der Waals surface area contributed by atoms with Gasteiger partial charge in [0.05, 0.1) is 38.0 Å². The van der Waals surface area contributed by atoms with Crippen LogP contribution in [0.5, 0.6) is 0 Å². The molecule has 0 bridgehead atoms. The summed E-state index contributed by atoms with van der Waals surface area (Å²) in [5, 5.41) is 60.0. The first kappa shape index (κ1) is 51.6. The summed E-state index contributed by atoms with van der Waals surface area (Å²) in [5.41, 5.74) is 1.36. The van der Waals surface area contributed by atoms with Gasteiger partial charge in [-0.05, 0) is 59.7 Å². The van der Waals surface area contributed by atoms with Crippen molar-refractivity contribution in [2.45, 2.75) is 19.6 Å². The Bertz CT molecular complexity index is 3290. The van der Waals surface area contributed by atoms with Gasteiger partial charge >= 0.3 is 11.9 Å². The molecule has 4 aromatic carbocycles. The Hall–Kier alpha value is -8.34. The predicted octanol–water partition coefficient (Wildman–Crippen LogP) is 5.08. The van der Waals surface area contributed by atoms with Crippen LogP contribution in [0.25, 0.3) is 12.2 Å². The lowest BCUT2D eigenvalue weighted by Crippen LogP contribution is -2.21. The van der Waals surface area contributed by atoms with Crippen molar-refractivity contribution in [1.29, 1.82) is 0 Å². The van der Waals surface area contributed by atoms with Gasteiger partial charge in [-0.2, -0.15) is 27.0 Å². The van der Waals surface area contributed by atoms with E-state index in [0.29, 0.717) is 30.0 Å². The number of carbonyl (C=O) groups is 4. The number of hydrogen-bond donors (Lipinski definition) is 9. The van der Waals surface area contributed by atoms with Crippen molar-refractivity contribution in [3.05, 3.63) is 152 Å². The molecule has 0 saturated carbocycles. The minimum atomic E-state index is -4.96. The molecule has 2 aliphatic carbocycles. The zero-order valence-electron chi connectivity index (χ0n) is 34.5. The normalized spacial score (nSPS) is 15.3. The number of halogens is 1. The van der Waals surface area contributed by atoms with E-state index in [1.807, 2.05) is 0 Å². The first-order valence-electron chi connectivity index (χ1n) is 18.6. The van der Waals surface area contributed by atoms with E-state index < -0.39 is 108 Å². The average Bonchev–Trinajstić information content (AvgIpc) is 3.27. The molecule has 0 fully saturated rings. The number of benzene rings is 4. The van der Waals surface area contributed by atoms with Gasteiger partial charge in [0.15, 0.2) is 11.6 Å². The highest BCUT2D eigenvalue weighted by Gasteiger charge is 2.30. The van der Waals surface area contributed by atoms with Crippen LogP contribution in [0.15, 0.2) is 156 Å². The Kier molecular flexibility index (Phi) is 15.5. The molecule has 358 valence electrons. The van der Waals surface area contributed by atoms with Gasteiger partial charge in [0.25, 0.3) is 25.9 Å². The topological polar surface area (TPSA) is 396 Å². The van der Waals surface area contributed by atoms with Crippen LogP contribution >= 0.6 is 11.6 Å². The summed E-state index contributed by atoms with van der Waals surface area (Å²) in [6.07, 6.45) is 4.94. The van der Waals surface area contributed by atoms with Gasteiger partial charge in [-0.3, -0.25) is 39.7 Å². The fraction of sp³-hybridized carbons (Fsp3) is 0.0244. The van der Waals surface area contributed by atoms with E-state index in [0.717, 1.165) is 42.5 Å². The van der Waals surface area contributed by atoms with Crippen molar-refractivity contribution >= 4 is 112 Å². The molecule has 6 rings (SSSR count). The average molecular weight is 1030 g/mol. The van der Waals surface area contributed by atoms with Gasteiger partial charge in [-0.15, -0.1) is 0 Å². The number of nitrogens with one attached hydrogen (secondary N) is 3. The number of carboxylic acid groups (broad SMARTS) is 2. The number of aliphatic hydroxyl groups is 2. The number of anilines is 3. The van der Waals surface area contributed by atoms with Crippen LogP contribution in [0.1, 0.15) is 11.1 Å². The van der Waals surface area contributed by atoms with Crippen LogP contribution in [-0.2, 0) is 49.3 Å².